The highest BCUT2D eigenvalue weighted by molar-refractivity contribution is 6.15. The molecule has 1 aliphatic heterocycles. The van der Waals surface area contributed by atoms with Crippen LogP contribution in [0.5, 0.6) is 0 Å². The second-order valence-electron chi connectivity index (χ2n) is 9.72. The normalized spacial score (nSPS) is 17.7. The van der Waals surface area contributed by atoms with Crippen molar-refractivity contribution in [1.29, 1.82) is 0 Å². The first kappa shape index (κ1) is 14.8. The minimum Gasteiger partial charge on any atom is -0.453 e. The highest BCUT2D eigenvalue weighted by Gasteiger charge is 2.21. The largest absolute Gasteiger partial charge is 0.453 e. The third-order valence-electron chi connectivity index (χ3n) is 6.17. The molecule has 0 radical (unpaired) electrons. The molecule has 1 aliphatic rings. The molecule has 162 valence electrons. The van der Waals surface area contributed by atoms with E-state index in [1.807, 2.05) is 30.3 Å². The van der Waals surface area contributed by atoms with Gasteiger partial charge in [0.1, 0.15) is 16.9 Å². The Kier molecular flexibility index (Phi) is 3.21. The van der Waals surface area contributed by atoms with Crippen molar-refractivity contribution in [2.24, 2.45) is 5.41 Å². The van der Waals surface area contributed by atoms with E-state index in [2.05, 4.69) is 9.55 Å². The number of furan rings is 1. The fourth-order valence-electron chi connectivity index (χ4n) is 4.81. The Morgan fingerprint density at radius 1 is 1.12 bits per heavy atom. The Morgan fingerprint density at radius 2 is 2.00 bits per heavy atom. The number of nitrogens with zero attached hydrogens (tertiary/aromatic N) is 3. The fourth-order valence-corrected chi connectivity index (χ4v) is 4.81. The molecular weight excluding hydrogens is 394 g/mol. The topological polar surface area (TPSA) is 43.9 Å². The van der Waals surface area contributed by atoms with Crippen LogP contribution in [0.1, 0.15) is 57.4 Å². The van der Waals surface area contributed by atoms with Gasteiger partial charge in [-0.25, -0.2) is 4.98 Å². The molecule has 0 saturated heterocycles. The monoisotopic (exact) mass is 428 g/mol. The van der Waals surface area contributed by atoms with E-state index in [0.717, 1.165) is 59.0 Å². The molecule has 0 N–H and O–H groups in total. The van der Waals surface area contributed by atoms with E-state index in [0.29, 0.717) is 16.8 Å². The van der Waals surface area contributed by atoms with Crippen molar-refractivity contribution in [2.75, 3.05) is 0 Å². The van der Waals surface area contributed by atoms with Gasteiger partial charge in [-0.3, -0.25) is 4.98 Å². The molecule has 0 unspecified atom stereocenters. The summed E-state index contributed by atoms with van der Waals surface area (Å²) in [5.41, 5.74) is 3.76. The zero-order valence-electron chi connectivity index (χ0n) is 23.6. The summed E-state index contributed by atoms with van der Waals surface area (Å²) in [6.45, 7) is 3.74. The molecule has 4 heterocycles. The van der Waals surface area contributed by atoms with Crippen molar-refractivity contribution in [1.82, 2.24) is 14.5 Å². The lowest BCUT2D eigenvalue weighted by Gasteiger charge is -2.20. The van der Waals surface area contributed by atoms with Crippen LogP contribution in [0.4, 0.5) is 0 Å². The van der Waals surface area contributed by atoms with Gasteiger partial charge in [0.2, 0.25) is 0 Å². The number of hydrogen-bond acceptors (Lipinski definition) is 3. The van der Waals surface area contributed by atoms with Crippen molar-refractivity contribution in [3.63, 3.8) is 0 Å². The molecule has 0 saturated carbocycles. The van der Waals surface area contributed by atoms with Crippen LogP contribution in [0.2, 0.25) is 0 Å². The smallest absolute Gasteiger partial charge is 0.161 e. The maximum absolute atomic E-state index is 8.87. The molecule has 0 bridgehead atoms. The molecule has 0 aliphatic carbocycles. The molecule has 0 spiro atoms. The van der Waals surface area contributed by atoms with Gasteiger partial charge < -0.3 is 8.98 Å². The Labute approximate surface area is 195 Å². The van der Waals surface area contributed by atoms with Crippen LogP contribution in [-0.4, -0.2) is 14.5 Å². The van der Waals surface area contributed by atoms with Crippen LogP contribution in [0.3, 0.4) is 0 Å². The van der Waals surface area contributed by atoms with Crippen molar-refractivity contribution in [2.45, 2.75) is 59.8 Å². The van der Waals surface area contributed by atoms with Gasteiger partial charge in [-0.15, -0.1) is 0 Å². The van der Waals surface area contributed by atoms with Gasteiger partial charge in [-0.1, -0.05) is 32.9 Å². The van der Waals surface area contributed by atoms with Gasteiger partial charge in [-0.2, -0.15) is 0 Å². The average molecular weight is 429 g/mol. The zero-order valence-corrected chi connectivity index (χ0v) is 18.6. The molecule has 0 fully saturated rings. The van der Waals surface area contributed by atoms with Gasteiger partial charge >= 0.3 is 0 Å². The predicted octanol–water partition coefficient (Wildman–Crippen LogP) is 7.23. The number of imidazole rings is 1. The molecule has 0 amide bonds. The first-order valence-corrected chi connectivity index (χ1v) is 11.2. The quantitative estimate of drug-likeness (QED) is 0.298. The number of aryl methyl sites for hydroxylation is 3. The Hall–Kier alpha value is -3.14. The van der Waals surface area contributed by atoms with Crippen molar-refractivity contribution < 1.29 is 11.3 Å². The number of benzene rings is 2. The van der Waals surface area contributed by atoms with Crippen LogP contribution in [0, 0.1) is 12.3 Å². The van der Waals surface area contributed by atoms with Gasteiger partial charge in [0.15, 0.2) is 5.58 Å². The maximum Gasteiger partial charge on any atom is 0.161 e. The predicted molar refractivity (Wildman–Crippen MR) is 131 cm³/mol. The summed E-state index contributed by atoms with van der Waals surface area (Å²) < 4.78 is 50.6. The van der Waals surface area contributed by atoms with E-state index in [4.69, 9.17) is 16.3 Å². The van der Waals surface area contributed by atoms with E-state index in [1.54, 1.807) is 26.8 Å². The summed E-state index contributed by atoms with van der Waals surface area (Å²) in [7, 11) is 0. The standard InChI is InChI=1S/C28H29N3O/c1-17-16-29-23(14-18(17)15-28(2,3)4)21-9-7-8-19-20-11-12-22-25(27(20)32-26(19)21)31-13-6-5-10-24(31)30-22/h7-9,11-12,14,16H,5-6,10,13,15H2,1-4H3/i1D3,15D2. The minimum atomic E-state index is -2.49. The summed E-state index contributed by atoms with van der Waals surface area (Å²) in [5.74, 6) is 1.09. The minimum absolute atomic E-state index is 0.0689. The molecule has 4 heteroatoms. The number of rotatable bonds is 2. The average Bonchev–Trinajstić information content (AvgIpc) is 3.40. The summed E-state index contributed by atoms with van der Waals surface area (Å²) in [6.07, 6.45) is 2.60. The third kappa shape index (κ3) is 3.04. The Balaban J connectivity index is 1.62. The lowest BCUT2D eigenvalue weighted by molar-refractivity contribution is 0.410. The van der Waals surface area contributed by atoms with Gasteiger partial charge in [0.25, 0.3) is 0 Å². The van der Waals surface area contributed by atoms with Crippen molar-refractivity contribution in [3.8, 4) is 11.3 Å². The van der Waals surface area contributed by atoms with Gasteiger partial charge in [0, 0.05) is 42.4 Å². The molecule has 5 aromatic rings. The third-order valence-corrected chi connectivity index (χ3v) is 6.17. The summed E-state index contributed by atoms with van der Waals surface area (Å²) >= 11 is 0. The molecule has 4 nitrogen and oxygen atoms in total. The van der Waals surface area contributed by atoms with E-state index in [1.165, 1.54) is 6.20 Å². The molecule has 0 atom stereocenters. The number of pyridine rings is 1. The number of aromatic nitrogens is 3. The lowest BCUT2D eigenvalue weighted by Crippen LogP contribution is -2.10. The highest BCUT2D eigenvalue weighted by Crippen LogP contribution is 2.39. The van der Waals surface area contributed by atoms with Crippen LogP contribution in [0.25, 0.3) is 44.2 Å². The SMILES string of the molecule is [2H]C([2H])([2H])c1cnc(-c2cccc3c2oc2c3ccc3nc4n(c32)CCCC4)cc1C([2H])([2H])C(C)(C)C. The van der Waals surface area contributed by atoms with E-state index in [-0.39, 0.29) is 11.1 Å². The molecule has 6 rings (SSSR count). The lowest BCUT2D eigenvalue weighted by atomic mass is 9.86. The van der Waals surface area contributed by atoms with Crippen LogP contribution in [0.15, 0.2) is 47.0 Å². The molecule has 3 aromatic heterocycles. The summed E-state index contributed by atoms with van der Waals surface area (Å²) in [5, 5.41) is 1.92. The first-order valence-electron chi connectivity index (χ1n) is 13.7. The highest BCUT2D eigenvalue weighted by atomic mass is 16.3. The number of fused-ring (bicyclic) bond motifs is 7. The number of para-hydroxylation sites is 1. The summed E-state index contributed by atoms with van der Waals surface area (Å²) in [6, 6.07) is 11.5. The second-order valence-corrected chi connectivity index (χ2v) is 9.72. The van der Waals surface area contributed by atoms with Gasteiger partial charge in [-0.05, 0) is 66.9 Å². The van der Waals surface area contributed by atoms with Crippen LogP contribution >= 0.6 is 0 Å². The van der Waals surface area contributed by atoms with E-state index >= 15 is 0 Å². The van der Waals surface area contributed by atoms with Crippen molar-refractivity contribution >= 4 is 33.0 Å². The first-order chi connectivity index (χ1) is 17.4. The van der Waals surface area contributed by atoms with Crippen LogP contribution < -0.4 is 0 Å². The van der Waals surface area contributed by atoms with Crippen molar-refractivity contribution in [3.05, 3.63) is 59.5 Å². The molecular formula is C28H29N3O. The van der Waals surface area contributed by atoms with Crippen LogP contribution in [-0.2, 0) is 19.3 Å². The maximum atomic E-state index is 8.87. The van der Waals surface area contributed by atoms with E-state index in [9.17, 15) is 0 Å². The zero-order chi connectivity index (χ0) is 26.3. The van der Waals surface area contributed by atoms with E-state index < -0.39 is 18.6 Å². The number of hydrogen-bond donors (Lipinski definition) is 0. The Morgan fingerprint density at radius 3 is 2.84 bits per heavy atom. The van der Waals surface area contributed by atoms with Gasteiger partial charge in [0.05, 0.1) is 11.2 Å². The summed E-state index contributed by atoms with van der Waals surface area (Å²) in [4.78, 5) is 9.35. The molecule has 32 heavy (non-hydrogen) atoms. The Bertz CT molecular complexity index is 1690. The fraction of sp³-hybridized carbons (Fsp3) is 0.357. The second kappa shape index (κ2) is 6.93. The molecule has 2 aromatic carbocycles.